The lowest BCUT2D eigenvalue weighted by Crippen LogP contribution is -2.20. The fourth-order valence-corrected chi connectivity index (χ4v) is 3.14. The van der Waals surface area contributed by atoms with Gasteiger partial charge in [-0.1, -0.05) is 29.4 Å². The summed E-state index contributed by atoms with van der Waals surface area (Å²) in [6.45, 7) is 4.01. The number of rotatable bonds is 5. The number of hydrogen-bond acceptors (Lipinski definition) is 4. The molecule has 6 heteroatoms. The number of benzene rings is 2. The zero-order valence-electron chi connectivity index (χ0n) is 15.5. The largest absolute Gasteiger partial charge is 0.339 e. The van der Waals surface area contributed by atoms with E-state index in [4.69, 9.17) is 4.52 Å². The highest BCUT2D eigenvalue weighted by Crippen LogP contribution is 2.38. The average molecular weight is 362 g/mol. The van der Waals surface area contributed by atoms with E-state index in [-0.39, 0.29) is 6.03 Å². The Balaban J connectivity index is 1.45. The topological polar surface area (TPSA) is 80.0 Å². The number of nitrogens with zero attached hydrogens (tertiary/aromatic N) is 2. The number of aryl methyl sites for hydroxylation is 2. The molecule has 0 saturated heterocycles. The average Bonchev–Trinajstić information content (AvgIpc) is 3.35. The highest BCUT2D eigenvalue weighted by molar-refractivity contribution is 6.00. The van der Waals surface area contributed by atoms with Gasteiger partial charge in [-0.2, -0.15) is 4.98 Å². The van der Waals surface area contributed by atoms with Gasteiger partial charge in [-0.05, 0) is 61.6 Å². The van der Waals surface area contributed by atoms with Crippen LogP contribution in [0.15, 0.2) is 47.0 Å². The molecule has 2 aromatic carbocycles. The lowest BCUT2D eigenvalue weighted by molar-refractivity contribution is 0.262. The second-order valence-electron chi connectivity index (χ2n) is 7.11. The molecule has 27 heavy (non-hydrogen) atoms. The Kier molecular flexibility index (Phi) is 4.62. The van der Waals surface area contributed by atoms with E-state index in [0.717, 1.165) is 46.7 Å². The maximum Gasteiger partial charge on any atom is 0.323 e. The summed E-state index contributed by atoms with van der Waals surface area (Å²) in [5.74, 6) is 1.82. The van der Waals surface area contributed by atoms with Crippen molar-refractivity contribution in [2.24, 2.45) is 0 Å². The monoisotopic (exact) mass is 362 g/mol. The molecule has 1 aliphatic carbocycles. The highest BCUT2D eigenvalue weighted by atomic mass is 16.5. The third-order valence-electron chi connectivity index (χ3n) is 4.51. The van der Waals surface area contributed by atoms with Crippen molar-refractivity contribution in [2.45, 2.75) is 39.0 Å². The Morgan fingerprint density at radius 2 is 1.85 bits per heavy atom. The van der Waals surface area contributed by atoms with Crippen LogP contribution in [0.5, 0.6) is 0 Å². The first-order valence-corrected chi connectivity index (χ1v) is 9.13. The highest BCUT2D eigenvalue weighted by Gasteiger charge is 2.28. The van der Waals surface area contributed by atoms with Crippen molar-refractivity contribution in [3.63, 3.8) is 0 Å². The van der Waals surface area contributed by atoms with Gasteiger partial charge in [-0.25, -0.2) is 4.79 Å². The second-order valence-corrected chi connectivity index (χ2v) is 7.11. The third-order valence-corrected chi connectivity index (χ3v) is 4.51. The summed E-state index contributed by atoms with van der Waals surface area (Å²) in [5.41, 5.74) is 4.64. The molecule has 0 bridgehead atoms. The standard InChI is InChI=1S/C21H22N4O2/c1-13-9-14(2)11-17(10-13)22-21(26)23-18-6-4-3-5-16(18)12-19-24-20(25-27-19)15-7-8-15/h3-6,9-11,15H,7-8,12H2,1-2H3,(H2,22,23,26). The van der Waals surface area contributed by atoms with Crippen molar-refractivity contribution >= 4 is 17.4 Å². The van der Waals surface area contributed by atoms with Crippen molar-refractivity contribution < 1.29 is 9.32 Å². The SMILES string of the molecule is Cc1cc(C)cc(NC(=O)Nc2ccccc2Cc2nc(C3CC3)no2)c1. The molecule has 0 atom stereocenters. The third kappa shape index (κ3) is 4.34. The van der Waals surface area contributed by atoms with Gasteiger partial charge in [-0.3, -0.25) is 0 Å². The number of para-hydroxylation sites is 1. The molecule has 1 fully saturated rings. The number of anilines is 2. The molecule has 1 aliphatic rings. The minimum atomic E-state index is -0.281. The zero-order valence-corrected chi connectivity index (χ0v) is 15.5. The van der Waals surface area contributed by atoms with Gasteiger partial charge >= 0.3 is 6.03 Å². The Labute approximate surface area is 158 Å². The fourth-order valence-electron chi connectivity index (χ4n) is 3.14. The molecular formula is C21H22N4O2. The number of amides is 2. The van der Waals surface area contributed by atoms with E-state index in [1.807, 2.05) is 50.2 Å². The molecule has 0 spiro atoms. The van der Waals surface area contributed by atoms with Crippen molar-refractivity contribution in [3.8, 4) is 0 Å². The minimum Gasteiger partial charge on any atom is -0.339 e. The van der Waals surface area contributed by atoms with Gasteiger partial charge in [0.1, 0.15) is 0 Å². The lowest BCUT2D eigenvalue weighted by atomic mass is 10.1. The van der Waals surface area contributed by atoms with Crippen LogP contribution in [-0.2, 0) is 6.42 Å². The van der Waals surface area contributed by atoms with Crippen LogP contribution in [0, 0.1) is 13.8 Å². The van der Waals surface area contributed by atoms with E-state index >= 15 is 0 Å². The molecule has 138 valence electrons. The van der Waals surface area contributed by atoms with Gasteiger partial charge < -0.3 is 15.2 Å². The molecule has 6 nitrogen and oxygen atoms in total. The second kappa shape index (κ2) is 7.23. The summed E-state index contributed by atoms with van der Waals surface area (Å²) in [5, 5.41) is 9.86. The molecule has 0 unspecified atom stereocenters. The van der Waals surface area contributed by atoms with Crippen LogP contribution in [0.1, 0.15) is 47.2 Å². The first-order chi connectivity index (χ1) is 13.1. The normalized spacial score (nSPS) is 13.4. The Morgan fingerprint density at radius 3 is 2.59 bits per heavy atom. The van der Waals surface area contributed by atoms with Gasteiger partial charge in [0, 0.05) is 17.3 Å². The van der Waals surface area contributed by atoms with Crippen LogP contribution in [0.4, 0.5) is 16.2 Å². The molecular weight excluding hydrogens is 340 g/mol. The lowest BCUT2D eigenvalue weighted by Gasteiger charge is -2.12. The van der Waals surface area contributed by atoms with Crippen molar-refractivity contribution in [2.75, 3.05) is 10.6 Å². The predicted molar refractivity (Wildman–Crippen MR) is 104 cm³/mol. The quantitative estimate of drug-likeness (QED) is 0.683. The van der Waals surface area contributed by atoms with E-state index in [1.165, 1.54) is 0 Å². The summed E-state index contributed by atoms with van der Waals surface area (Å²) in [4.78, 5) is 16.9. The molecule has 1 heterocycles. The number of carbonyl (C=O) groups is 1. The van der Waals surface area contributed by atoms with Gasteiger partial charge in [-0.15, -0.1) is 0 Å². The number of hydrogen-bond donors (Lipinski definition) is 2. The van der Waals surface area contributed by atoms with Crippen LogP contribution < -0.4 is 10.6 Å². The van der Waals surface area contributed by atoms with Crippen LogP contribution in [0.2, 0.25) is 0 Å². The van der Waals surface area contributed by atoms with Crippen LogP contribution in [0.25, 0.3) is 0 Å². The van der Waals surface area contributed by atoms with Crippen LogP contribution in [0.3, 0.4) is 0 Å². The molecule has 0 aliphatic heterocycles. The van der Waals surface area contributed by atoms with Gasteiger partial charge in [0.25, 0.3) is 0 Å². The Morgan fingerprint density at radius 1 is 1.11 bits per heavy atom. The summed E-state index contributed by atoms with van der Waals surface area (Å²) in [6.07, 6.45) is 2.76. The number of urea groups is 1. The minimum absolute atomic E-state index is 0.281. The van der Waals surface area contributed by atoms with Crippen molar-refractivity contribution in [3.05, 3.63) is 70.9 Å². The number of nitrogens with one attached hydrogen (secondary N) is 2. The van der Waals surface area contributed by atoms with E-state index in [2.05, 4.69) is 26.8 Å². The van der Waals surface area contributed by atoms with Gasteiger partial charge in [0.2, 0.25) is 5.89 Å². The predicted octanol–water partition coefficient (Wildman–Crippen LogP) is 4.80. The molecule has 1 saturated carbocycles. The summed E-state index contributed by atoms with van der Waals surface area (Å²) >= 11 is 0. The first-order valence-electron chi connectivity index (χ1n) is 9.13. The Bertz CT molecular complexity index is 956. The smallest absolute Gasteiger partial charge is 0.323 e. The van der Waals surface area contributed by atoms with Crippen molar-refractivity contribution in [1.82, 2.24) is 10.1 Å². The molecule has 1 aromatic heterocycles. The molecule has 3 aromatic rings. The molecule has 4 rings (SSSR count). The first kappa shape index (κ1) is 17.3. The van der Waals surface area contributed by atoms with E-state index < -0.39 is 0 Å². The number of carbonyl (C=O) groups excluding carboxylic acids is 1. The number of aromatic nitrogens is 2. The molecule has 2 N–H and O–H groups in total. The maximum atomic E-state index is 12.4. The maximum absolute atomic E-state index is 12.4. The summed E-state index contributed by atoms with van der Waals surface area (Å²) < 4.78 is 5.36. The van der Waals surface area contributed by atoms with Crippen LogP contribution >= 0.6 is 0 Å². The van der Waals surface area contributed by atoms with Gasteiger partial charge in [0.15, 0.2) is 5.82 Å². The zero-order chi connectivity index (χ0) is 18.8. The van der Waals surface area contributed by atoms with E-state index in [1.54, 1.807) is 0 Å². The fraction of sp³-hybridized carbons (Fsp3) is 0.286. The summed E-state index contributed by atoms with van der Waals surface area (Å²) in [6, 6.07) is 13.3. The molecule has 2 amide bonds. The van der Waals surface area contributed by atoms with Crippen LogP contribution in [-0.4, -0.2) is 16.2 Å². The van der Waals surface area contributed by atoms with E-state index in [9.17, 15) is 4.79 Å². The Hall–Kier alpha value is -3.15. The molecule has 0 radical (unpaired) electrons. The van der Waals surface area contributed by atoms with Crippen molar-refractivity contribution in [1.29, 1.82) is 0 Å². The summed E-state index contributed by atoms with van der Waals surface area (Å²) in [7, 11) is 0. The van der Waals surface area contributed by atoms with E-state index in [0.29, 0.717) is 18.2 Å². The van der Waals surface area contributed by atoms with Gasteiger partial charge in [0.05, 0.1) is 6.42 Å².